The summed E-state index contributed by atoms with van der Waals surface area (Å²) in [6.45, 7) is 6.89. The number of carbonyl (C=O) groups excluding carboxylic acids is 1. The van der Waals surface area contributed by atoms with Crippen molar-refractivity contribution in [2.24, 2.45) is 0 Å². The van der Waals surface area contributed by atoms with E-state index < -0.39 is 0 Å². The lowest BCUT2D eigenvalue weighted by molar-refractivity contribution is 0.0553. The van der Waals surface area contributed by atoms with Crippen molar-refractivity contribution in [2.75, 3.05) is 19.7 Å². The van der Waals surface area contributed by atoms with Gasteiger partial charge in [0.05, 0.1) is 17.9 Å². The number of aryl methyl sites for hydroxylation is 1. The minimum absolute atomic E-state index is 0.0306. The third kappa shape index (κ3) is 5.07. The van der Waals surface area contributed by atoms with Gasteiger partial charge in [-0.15, -0.1) is 0 Å². The normalized spacial score (nSPS) is 16.9. The Bertz CT molecular complexity index is 761. The van der Waals surface area contributed by atoms with E-state index in [1.807, 2.05) is 40.8 Å². The van der Waals surface area contributed by atoms with Crippen molar-refractivity contribution < 1.29 is 9.53 Å². The van der Waals surface area contributed by atoms with Crippen LogP contribution in [0.25, 0.3) is 6.08 Å². The smallest absolute Gasteiger partial charge is 0.257 e. The zero-order chi connectivity index (χ0) is 19.1. The van der Waals surface area contributed by atoms with E-state index in [0.29, 0.717) is 18.7 Å². The average Bonchev–Trinajstić information content (AvgIpc) is 3.32. The van der Waals surface area contributed by atoms with E-state index in [2.05, 4.69) is 30.2 Å². The van der Waals surface area contributed by atoms with E-state index in [-0.39, 0.29) is 12.0 Å². The summed E-state index contributed by atoms with van der Waals surface area (Å²) in [5.74, 6) is 0.0306. The molecule has 1 aliphatic heterocycles. The zero-order valence-electron chi connectivity index (χ0n) is 16.3. The molecule has 2 heterocycles. The largest absolute Gasteiger partial charge is 0.376 e. The van der Waals surface area contributed by atoms with Crippen molar-refractivity contribution in [1.29, 1.82) is 0 Å². The van der Waals surface area contributed by atoms with Crippen LogP contribution in [0.1, 0.15) is 47.8 Å². The molecular formula is C22H29N3O2. The van der Waals surface area contributed by atoms with Gasteiger partial charge in [0.15, 0.2) is 0 Å². The molecule has 5 nitrogen and oxygen atoms in total. The highest BCUT2D eigenvalue weighted by Gasteiger charge is 2.25. The Morgan fingerprint density at radius 3 is 2.89 bits per heavy atom. The van der Waals surface area contributed by atoms with Crippen LogP contribution in [0.5, 0.6) is 0 Å². The Labute approximate surface area is 161 Å². The molecule has 1 aromatic heterocycles. The lowest BCUT2D eigenvalue weighted by atomic mass is 10.1. The monoisotopic (exact) mass is 367 g/mol. The maximum Gasteiger partial charge on any atom is 0.257 e. The Morgan fingerprint density at radius 1 is 1.37 bits per heavy atom. The summed E-state index contributed by atoms with van der Waals surface area (Å²) in [6.07, 6.45) is 9.02. The Hall–Kier alpha value is -2.40. The molecule has 1 saturated heterocycles. The summed E-state index contributed by atoms with van der Waals surface area (Å²) in [4.78, 5) is 15.1. The number of hydrogen-bond acceptors (Lipinski definition) is 3. The number of ether oxygens (including phenoxy) is 1. The molecule has 1 fully saturated rings. The summed E-state index contributed by atoms with van der Waals surface area (Å²) in [5.41, 5.74) is 2.76. The summed E-state index contributed by atoms with van der Waals surface area (Å²) in [6, 6.07) is 10.1. The van der Waals surface area contributed by atoms with E-state index >= 15 is 0 Å². The van der Waals surface area contributed by atoms with Crippen molar-refractivity contribution in [1.82, 2.24) is 14.7 Å². The van der Waals surface area contributed by atoms with Gasteiger partial charge >= 0.3 is 0 Å². The fourth-order valence-corrected chi connectivity index (χ4v) is 3.42. The molecule has 1 unspecified atom stereocenters. The van der Waals surface area contributed by atoms with Crippen LogP contribution < -0.4 is 0 Å². The van der Waals surface area contributed by atoms with Crippen LogP contribution in [-0.2, 0) is 11.3 Å². The van der Waals surface area contributed by atoms with Gasteiger partial charge in [0, 0.05) is 31.9 Å². The Morgan fingerprint density at radius 2 is 2.19 bits per heavy atom. The fourth-order valence-electron chi connectivity index (χ4n) is 3.42. The van der Waals surface area contributed by atoms with Crippen LogP contribution >= 0.6 is 0 Å². The SMILES string of the molecule is CCCn1ncc(C(=O)N(CC=Cc2ccccc2)CC2CCCO2)c1C. The second-order valence-electron chi connectivity index (χ2n) is 7.03. The van der Waals surface area contributed by atoms with Crippen LogP contribution in [0.2, 0.25) is 0 Å². The number of benzene rings is 1. The second-order valence-corrected chi connectivity index (χ2v) is 7.03. The molecule has 5 heteroatoms. The van der Waals surface area contributed by atoms with Crippen LogP contribution in [0.3, 0.4) is 0 Å². The van der Waals surface area contributed by atoms with Gasteiger partial charge in [0.25, 0.3) is 5.91 Å². The van der Waals surface area contributed by atoms with Gasteiger partial charge in [0.2, 0.25) is 0 Å². The number of rotatable bonds is 8. The van der Waals surface area contributed by atoms with Crippen molar-refractivity contribution >= 4 is 12.0 Å². The molecule has 3 rings (SSSR count). The highest BCUT2D eigenvalue weighted by molar-refractivity contribution is 5.95. The third-order valence-electron chi connectivity index (χ3n) is 4.94. The Kier molecular flexibility index (Phi) is 6.82. The van der Waals surface area contributed by atoms with Gasteiger partial charge in [-0.25, -0.2) is 0 Å². The van der Waals surface area contributed by atoms with E-state index in [1.165, 1.54) is 0 Å². The number of amides is 1. The molecule has 1 aromatic carbocycles. The molecule has 0 saturated carbocycles. The molecule has 1 atom stereocenters. The van der Waals surface area contributed by atoms with E-state index in [4.69, 9.17) is 4.74 Å². The molecule has 2 aromatic rings. The molecule has 0 aliphatic carbocycles. The summed E-state index contributed by atoms with van der Waals surface area (Å²) in [5, 5.41) is 4.39. The maximum absolute atomic E-state index is 13.2. The first kappa shape index (κ1) is 19.4. The first-order valence-electron chi connectivity index (χ1n) is 9.84. The molecule has 0 bridgehead atoms. The van der Waals surface area contributed by atoms with Crippen molar-refractivity contribution in [3.8, 4) is 0 Å². The molecule has 1 aliphatic rings. The summed E-state index contributed by atoms with van der Waals surface area (Å²) in [7, 11) is 0. The number of aromatic nitrogens is 2. The predicted molar refractivity (Wildman–Crippen MR) is 108 cm³/mol. The zero-order valence-corrected chi connectivity index (χ0v) is 16.3. The van der Waals surface area contributed by atoms with Gasteiger partial charge in [-0.2, -0.15) is 5.10 Å². The van der Waals surface area contributed by atoms with Gasteiger partial charge in [-0.1, -0.05) is 49.4 Å². The first-order valence-corrected chi connectivity index (χ1v) is 9.84. The molecule has 0 radical (unpaired) electrons. The van der Waals surface area contributed by atoms with E-state index in [1.54, 1.807) is 6.20 Å². The maximum atomic E-state index is 13.2. The van der Waals surface area contributed by atoms with E-state index in [0.717, 1.165) is 43.7 Å². The molecule has 27 heavy (non-hydrogen) atoms. The predicted octanol–water partition coefficient (Wildman–Crippen LogP) is 3.94. The second kappa shape index (κ2) is 9.51. The number of carbonyl (C=O) groups is 1. The standard InChI is InChI=1S/C22H29N3O2/c1-3-13-25-18(2)21(16-23-25)22(26)24(17-20-12-8-15-27-20)14-7-11-19-9-5-4-6-10-19/h4-7,9-11,16,20H,3,8,12-15,17H2,1-2H3. The highest BCUT2D eigenvalue weighted by atomic mass is 16.5. The van der Waals surface area contributed by atoms with Crippen LogP contribution in [-0.4, -0.2) is 46.4 Å². The lowest BCUT2D eigenvalue weighted by Gasteiger charge is -2.24. The van der Waals surface area contributed by atoms with Crippen LogP contribution in [0.4, 0.5) is 0 Å². The van der Waals surface area contributed by atoms with Gasteiger partial charge < -0.3 is 9.64 Å². The van der Waals surface area contributed by atoms with Crippen LogP contribution in [0.15, 0.2) is 42.6 Å². The topological polar surface area (TPSA) is 47.4 Å². The van der Waals surface area contributed by atoms with Gasteiger partial charge in [0.1, 0.15) is 0 Å². The van der Waals surface area contributed by atoms with Crippen molar-refractivity contribution in [2.45, 2.75) is 45.8 Å². The lowest BCUT2D eigenvalue weighted by Crippen LogP contribution is -2.37. The number of hydrogen-bond donors (Lipinski definition) is 0. The van der Waals surface area contributed by atoms with Gasteiger partial charge in [-0.3, -0.25) is 9.48 Å². The molecule has 144 valence electrons. The van der Waals surface area contributed by atoms with Crippen molar-refractivity contribution in [3.05, 3.63) is 59.4 Å². The molecule has 1 amide bonds. The van der Waals surface area contributed by atoms with Crippen LogP contribution in [0, 0.1) is 6.92 Å². The Balaban J connectivity index is 1.74. The van der Waals surface area contributed by atoms with Gasteiger partial charge in [-0.05, 0) is 31.7 Å². The molecule has 0 spiro atoms. The third-order valence-corrected chi connectivity index (χ3v) is 4.94. The molecule has 0 N–H and O–H groups in total. The quantitative estimate of drug-likeness (QED) is 0.710. The minimum Gasteiger partial charge on any atom is -0.376 e. The fraction of sp³-hybridized carbons (Fsp3) is 0.455. The molecular weight excluding hydrogens is 338 g/mol. The summed E-state index contributed by atoms with van der Waals surface area (Å²) >= 11 is 0. The highest BCUT2D eigenvalue weighted by Crippen LogP contribution is 2.17. The van der Waals surface area contributed by atoms with E-state index in [9.17, 15) is 4.79 Å². The van der Waals surface area contributed by atoms with Crippen molar-refractivity contribution in [3.63, 3.8) is 0 Å². The average molecular weight is 367 g/mol. The number of nitrogens with zero attached hydrogens (tertiary/aromatic N) is 3. The first-order chi connectivity index (χ1) is 13.2. The summed E-state index contributed by atoms with van der Waals surface area (Å²) < 4.78 is 7.68. The minimum atomic E-state index is 0.0306.